The fourth-order valence-electron chi connectivity index (χ4n) is 3.52. The zero-order chi connectivity index (χ0) is 19.6. The number of rotatable bonds is 4. The third kappa shape index (κ3) is 5.38. The molecule has 1 atom stereocenters. The number of likely N-dealkylation sites (tertiary alicyclic amines) is 1. The predicted octanol–water partition coefficient (Wildman–Crippen LogP) is 4.62. The monoisotopic (exact) mass is 392 g/mol. The van der Waals surface area contributed by atoms with E-state index in [2.05, 4.69) is 0 Å². The van der Waals surface area contributed by atoms with Crippen LogP contribution in [0.4, 0.5) is 4.79 Å². The van der Waals surface area contributed by atoms with Gasteiger partial charge in [-0.25, -0.2) is 4.79 Å². The topological polar surface area (TPSA) is 49.9 Å². The van der Waals surface area contributed by atoms with Crippen LogP contribution in [0.25, 0.3) is 0 Å². The molecule has 1 aromatic rings. The molecule has 0 N–H and O–H groups in total. The summed E-state index contributed by atoms with van der Waals surface area (Å²) in [4.78, 5) is 29.6. The van der Waals surface area contributed by atoms with Crippen LogP contribution in [0, 0.1) is 0 Å². The van der Waals surface area contributed by atoms with Gasteiger partial charge in [-0.05, 0) is 70.6 Å². The Labute approximate surface area is 166 Å². The normalized spacial score (nSPS) is 20.3. The molecule has 1 heterocycles. The average Bonchev–Trinajstić information content (AvgIpc) is 3.42. The SMILES string of the molecule is CC(C)(C)OC(=O)N1CCCC[C@H]1C(=O)N(Cc1cccc(Cl)c1)C1CC1. The molecule has 148 valence electrons. The van der Waals surface area contributed by atoms with E-state index in [9.17, 15) is 9.59 Å². The highest BCUT2D eigenvalue weighted by Crippen LogP contribution is 2.32. The zero-order valence-electron chi connectivity index (χ0n) is 16.4. The summed E-state index contributed by atoms with van der Waals surface area (Å²) in [5, 5.41) is 0.670. The maximum Gasteiger partial charge on any atom is 0.410 e. The predicted molar refractivity (Wildman–Crippen MR) is 106 cm³/mol. The number of hydrogen-bond acceptors (Lipinski definition) is 3. The minimum absolute atomic E-state index is 0.0306. The van der Waals surface area contributed by atoms with Crippen molar-refractivity contribution in [3.05, 3.63) is 34.9 Å². The Balaban J connectivity index is 1.76. The van der Waals surface area contributed by atoms with E-state index in [-0.39, 0.29) is 18.0 Å². The molecule has 6 heteroatoms. The molecule has 2 fully saturated rings. The number of carbonyl (C=O) groups is 2. The Bertz CT molecular complexity index is 697. The largest absolute Gasteiger partial charge is 0.444 e. The van der Waals surface area contributed by atoms with Gasteiger partial charge in [0.05, 0.1) is 0 Å². The Kier molecular flexibility index (Phi) is 5.99. The molecule has 1 saturated heterocycles. The lowest BCUT2D eigenvalue weighted by atomic mass is 10.0. The van der Waals surface area contributed by atoms with Gasteiger partial charge in [0.2, 0.25) is 5.91 Å². The van der Waals surface area contributed by atoms with Crippen LogP contribution >= 0.6 is 11.6 Å². The second kappa shape index (κ2) is 8.09. The van der Waals surface area contributed by atoms with Crippen molar-refractivity contribution in [2.75, 3.05) is 6.54 Å². The molecule has 1 saturated carbocycles. The van der Waals surface area contributed by atoms with E-state index in [0.29, 0.717) is 24.5 Å². The molecule has 1 aromatic carbocycles. The smallest absolute Gasteiger partial charge is 0.410 e. The van der Waals surface area contributed by atoms with Gasteiger partial charge in [-0.2, -0.15) is 0 Å². The van der Waals surface area contributed by atoms with Gasteiger partial charge < -0.3 is 9.64 Å². The number of benzene rings is 1. The Morgan fingerprint density at radius 3 is 2.59 bits per heavy atom. The number of ether oxygens (including phenoxy) is 1. The Hall–Kier alpha value is -1.75. The van der Waals surface area contributed by atoms with Crippen LogP contribution in [-0.2, 0) is 16.1 Å². The van der Waals surface area contributed by atoms with Crippen LogP contribution in [0.2, 0.25) is 5.02 Å². The van der Waals surface area contributed by atoms with Gasteiger partial charge >= 0.3 is 6.09 Å². The lowest BCUT2D eigenvalue weighted by Gasteiger charge is -2.38. The van der Waals surface area contributed by atoms with Gasteiger partial charge in [0, 0.05) is 24.2 Å². The quantitative estimate of drug-likeness (QED) is 0.751. The van der Waals surface area contributed by atoms with Crippen LogP contribution in [-0.4, -0.2) is 46.0 Å². The molecule has 0 aromatic heterocycles. The summed E-state index contributed by atoms with van der Waals surface area (Å²) in [6.07, 6.45) is 4.19. The van der Waals surface area contributed by atoms with E-state index in [1.165, 1.54) is 0 Å². The van der Waals surface area contributed by atoms with Crippen LogP contribution in [0.1, 0.15) is 58.4 Å². The van der Waals surface area contributed by atoms with E-state index < -0.39 is 11.6 Å². The molecule has 0 unspecified atom stereocenters. The zero-order valence-corrected chi connectivity index (χ0v) is 17.2. The molecular formula is C21H29ClN2O3. The lowest BCUT2D eigenvalue weighted by molar-refractivity contribution is -0.139. The van der Waals surface area contributed by atoms with Crippen molar-refractivity contribution in [1.82, 2.24) is 9.80 Å². The molecule has 0 bridgehead atoms. The van der Waals surface area contributed by atoms with E-state index in [4.69, 9.17) is 16.3 Å². The fraction of sp³-hybridized carbons (Fsp3) is 0.619. The van der Waals surface area contributed by atoms with Gasteiger partial charge in [-0.1, -0.05) is 23.7 Å². The van der Waals surface area contributed by atoms with Gasteiger partial charge in [0.1, 0.15) is 11.6 Å². The maximum absolute atomic E-state index is 13.4. The third-order valence-electron chi connectivity index (χ3n) is 4.93. The highest BCUT2D eigenvalue weighted by molar-refractivity contribution is 6.30. The van der Waals surface area contributed by atoms with Crippen molar-refractivity contribution < 1.29 is 14.3 Å². The number of piperidine rings is 1. The van der Waals surface area contributed by atoms with Crippen molar-refractivity contribution in [3.8, 4) is 0 Å². The van der Waals surface area contributed by atoms with Crippen molar-refractivity contribution in [3.63, 3.8) is 0 Å². The summed E-state index contributed by atoms with van der Waals surface area (Å²) in [7, 11) is 0. The van der Waals surface area contributed by atoms with Crippen molar-refractivity contribution in [2.45, 2.75) is 77.1 Å². The van der Waals surface area contributed by atoms with E-state index in [0.717, 1.165) is 31.2 Å². The molecule has 27 heavy (non-hydrogen) atoms. The first-order valence-electron chi connectivity index (χ1n) is 9.79. The molecule has 1 aliphatic heterocycles. The standard InChI is InChI=1S/C21H29ClN2O3/c1-21(2,3)27-20(26)23-12-5-4-9-18(23)19(25)24(17-10-11-17)14-15-7-6-8-16(22)13-15/h6-8,13,17-18H,4-5,9-12,14H2,1-3H3/t18-/m0/s1. The van der Waals surface area contributed by atoms with E-state index in [1.54, 1.807) is 4.90 Å². The van der Waals surface area contributed by atoms with Crippen LogP contribution in [0.3, 0.4) is 0 Å². The second-order valence-electron chi connectivity index (χ2n) is 8.51. The number of carbonyl (C=O) groups excluding carboxylic acids is 2. The number of hydrogen-bond donors (Lipinski definition) is 0. The Morgan fingerprint density at radius 2 is 1.96 bits per heavy atom. The van der Waals surface area contributed by atoms with E-state index >= 15 is 0 Å². The van der Waals surface area contributed by atoms with Crippen LogP contribution in [0.15, 0.2) is 24.3 Å². The summed E-state index contributed by atoms with van der Waals surface area (Å²) in [6.45, 7) is 6.65. The first-order valence-corrected chi connectivity index (χ1v) is 10.2. The molecule has 2 amide bonds. The van der Waals surface area contributed by atoms with Gasteiger partial charge in [-0.3, -0.25) is 9.69 Å². The van der Waals surface area contributed by atoms with Gasteiger partial charge in [0.15, 0.2) is 0 Å². The summed E-state index contributed by atoms with van der Waals surface area (Å²) in [5.74, 6) is 0.0306. The summed E-state index contributed by atoms with van der Waals surface area (Å²) in [6, 6.07) is 7.45. The molecular weight excluding hydrogens is 364 g/mol. The molecule has 2 aliphatic rings. The minimum atomic E-state index is -0.570. The van der Waals surface area contributed by atoms with E-state index in [1.807, 2.05) is 49.9 Å². The molecule has 0 radical (unpaired) electrons. The first kappa shape index (κ1) is 20.0. The third-order valence-corrected chi connectivity index (χ3v) is 5.16. The van der Waals surface area contributed by atoms with Crippen LogP contribution < -0.4 is 0 Å². The molecule has 1 aliphatic carbocycles. The highest BCUT2D eigenvalue weighted by Gasteiger charge is 2.41. The summed E-state index contributed by atoms with van der Waals surface area (Å²) < 4.78 is 5.55. The highest BCUT2D eigenvalue weighted by atomic mass is 35.5. The average molecular weight is 393 g/mol. The number of amides is 2. The summed E-state index contributed by atoms with van der Waals surface area (Å²) >= 11 is 6.11. The Morgan fingerprint density at radius 1 is 1.22 bits per heavy atom. The van der Waals surface area contributed by atoms with Crippen molar-refractivity contribution in [2.24, 2.45) is 0 Å². The molecule has 5 nitrogen and oxygen atoms in total. The van der Waals surface area contributed by atoms with Crippen LogP contribution in [0.5, 0.6) is 0 Å². The van der Waals surface area contributed by atoms with Crippen molar-refractivity contribution >= 4 is 23.6 Å². The maximum atomic E-state index is 13.4. The second-order valence-corrected chi connectivity index (χ2v) is 8.95. The van der Waals surface area contributed by atoms with Gasteiger partial charge in [0.25, 0.3) is 0 Å². The van der Waals surface area contributed by atoms with Crippen molar-refractivity contribution in [1.29, 1.82) is 0 Å². The summed E-state index contributed by atoms with van der Waals surface area (Å²) in [5.41, 5.74) is 0.446. The molecule has 3 rings (SSSR count). The lowest BCUT2D eigenvalue weighted by Crippen LogP contribution is -2.54. The number of nitrogens with zero attached hydrogens (tertiary/aromatic N) is 2. The first-order chi connectivity index (χ1) is 12.7. The fourth-order valence-corrected chi connectivity index (χ4v) is 3.74. The molecule has 0 spiro atoms. The van der Waals surface area contributed by atoms with Gasteiger partial charge in [-0.15, -0.1) is 0 Å². The number of halogens is 1. The minimum Gasteiger partial charge on any atom is -0.444 e.